The fourth-order valence-electron chi connectivity index (χ4n) is 5.33. The van der Waals surface area contributed by atoms with Crippen LogP contribution in [0.3, 0.4) is 0 Å². The molecule has 2 fully saturated rings. The number of unbranched alkanes of at least 4 members (excludes halogenated alkanes) is 5. The first kappa shape index (κ1) is 26.0. The molecule has 2 heterocycles. The van der Waals surface area contributed by atoms with E-state index in [9.17, 15) is 9.59 Å². The summed E-state index contributed by atoms with van der Waals surface area (Å²) < 4.78 is 5.98. The molecule has 6 heteroatoms. The number of amides is 2. The smallest absolute Gasteiger partial charge is 0.266 e. The molecule has 38 heavy (non-hydrogen) atoms. The quantitative estimate of drug-likeness (QED) is 0.209. The lowest BCUT2D eigenvalue weighted by molar-refractivity contribution is -0.126. The molecule has 3 aromatic rings. The summed E-state index contributed by atoms with van der Waals surface area (Å²) in [7, 11) is 0. The Hall–Kier alpha value is -3.64. The molecule has 6 nitrogen and oxygen atoms in total. The number of aryl methyl sites for hydroxylation is 1. The molecule has 0 spiro atoms. The van der Waals surface area contributed by atoms with E-state index < -0.39 is 18.1 Å². The molecule has 5 rings (SSSR count). The van der Waals surface area contributed by atoms with Gasteiger partial charge in [-0.1, -0.05) is 87.1 Å². The van der Waals surface area contributed by atoms with Crippen molar-refractivity contribution in [3.05, 3.63) is 90.0 Å². The van der Waals surface area contributed by atoms with E-state index >= 15 is 0 Å². The van der Waals surface area contributed by atoms with Crippen molar-refractivity contribution in [3.63, 3.8) is 0 Å². The molecule has 0 radical (unpaired) electrons. The third-order valence-corrected chi connectivity index (χ3v) is 7.41. The Labute approximate surface area is 225 Å². The highest BCUT2D eigenvalue weighted by Crippen LogP contribution is 2.47. The summed E-state index contributed by atoms with van der Waals surface area (Å²) in [4.78, 5) is 34.7. The van der Waals surface area contributed by atoms with E-state index in [1.54, 1.807) is 5.06 Å². The average molecular weight is 513 g/mol. The summed E-state index contributed by atoms with van der Waals surface area (Å²) in [5, 5.41) is 1.73. The molecule has 0 aliphatic carbocycles. The summed E-state index contributed by atoms with van der Waals surface area (Å²) in [6, 6.07) is 24.5. The zero-order chi connectivity index (χ0) is 26.5. The first-order valence-electron chi connectivity index (χ1n) is 13.8. The van der Waals surface area contributed by atoms with Crippen LogP contribution in [0.1, 0.15) is 62.6 Å². The van der Waals surface area contributed by atoms with E-state index in [1.807, 2.05) is 85.8 Å². The van der Waals surface area contributed by atoms with Gasteiger partial charge in [0.15, 0.2) is 6.10 Å². The Bertz CT molecular complexity index is 1230. The number of nitrogens with zero attached hydrogens (tertiary/aromatic N) is 2. The van der Waals surface area contributed by atoms with Gasteiger partial charge in [0.2, 0.25) is 5.91 Å². The Morgan fingerprint density at radius 1 is 0.763 bits per heavy atom. The molecule has 0 N–H and O–H groups in total. The number of anilines is 2. The van der Waals surface area contributed by atoms with Crippen molar-refractivity contribution in [2.45, 2.75) is 64.5 Å². The average Bonchev–Trinajstić information content (AvgIpc) is 3.45. The molecule has 3 atom stereocenters. The normalized spacial score (nSPS) is 20.7. The zero-order valence-electron chi connectivity index (χ0n) is 22.2. The van der Waals surface area contributed by atoms with Crippen molar-refractivity contribution in [1.82, 2.24) is 0 Å². The van der Waals surface area contributed by atoms with Crippen molar-refractivity contribution in [3.8, 4) is 5.75 Å². The lowest BCUT2D eigenvalue weighted by Gasteiger charge is -2.29. The van der Waals surface area contributed by atoms with Gasteiger partial charge in [0.25, 0.3) is 5.91 Å². The topological polar surface area (TPSA) is 59.1 Å². The number of hydrogen-bond acceptors (Lipinski definition) is 5. The molecule has 2 amide bonds. The van der Waals surface area contributed by atoms with Crippen molar-refractivity contribution in [2.75, 3.05) is 16.6 Å². The fraction of sp³-hybridized carbons (Fsp3) is 0.375. The maximum Gasteiger partial charge on any atom is 0.266 e. The fourth-order valence-corrected chi connectivity index (χ4v) is 5.33. The second-order valence-electron chi connectivity index (χ2n) is 10.2. The van der Waals surface area contributed by atoms with Crippen molar-refractivity contribution < 1.29 is 19.2 Å². The van der Waals surface area contributed by atoms with E-state index in [2.05, 4.69) is 6.92 Å². The number of carbonyl (C=O) groups is 2. The number of benzene rings is 3. The largest absolute Gasteiger partial charge is 0.494 e. The van der Waals surface area contributed by atoms with Gasteiger partial charge in [0.1, 0.15) is 11.7 Å². The Morgan fingerprint density at radius 2 is 1.45 bits per heavy atom. The van der Waals surface area contributed by atoms with Crippen LogP contribution in [0, 0.1) is 12.8 Å². The van der Waals surface area contributed by atoms with E-state index in [-0.39, 0.29) is 11.8 Å². The van der Waals surface area contributed by atoms with Gasteiger partial charge in [-0.3, -0.25) is 14.4 Å². The number of imide groups is 1. The summed E-state index contributed by atoms with van der Waals surface area (Å²) in [6.07, 6.45) is 6.43. The highest BCUT2D eigenvalue weighted by molar-refractivity contribution is 6.23. The summed E-state index contributed by atoms with van der Waals surface area (Å²) in [5.41, 5.74) is 3.35. The van der Waals surface area contributed by atoms with Gasteiger partial charge in [-0.15, -0.1) is 0 Å². The molecule has 0 aromatic heterocycles. The van der Waals surface area contributed by atoms with E-state index in [1.165, 1.54) is 37.0 Å². The third-order valence-electron chi connectivity index (χ3n) is 7.41. The predicted molar refractivity (Wildman–Crippen MR) is 149 cm³/mol. The number of fused-ring (bicyclic) bond motifs is 1. The minimum Gasteiger partial charge on any atom is -0.494 e. The number of carbonyl (C=O) groups excluding carboxylic acids is 2. The second-order valence-corrected chi connectivity index (χ2v) is 10.2. The van der Waals surface area contributed by atoms with Gasteiger partial charge in [0.05, 0.1) is 24.0 Å². The monoisotopic (exact) mass is 512 g/mol. The lowest BCUT2D eigenvalue weighted by Crippen LogP contribution is -2.37. The Balaban J connectivity index is 1.35. The van der Waals surface area contributed by atoms with Gasteiger partial charge in [-0.2, -0.15) is 0 Å². The predicted octanol–water partition coefficient (Wildman–Crippen LogP) is 6.79. The van der Waals surface area contributed by atoms with Crippen LogP contribution in [-0.2, 0) is 14.4 Å². The van der Waals surface area contributed by atoms with Crippen LogP contribution in [-0.4, -0.2) is 24.5 Å². The van der Waals surface area contributed by atoms with Crippen molar-refractivity contribution in [1.29, 1.82) is 0 Å². The molecule has 2 aliphatic rings. The molecule has 198 valence electrons. The highest BCUT2D eigenvalue weighted by Gasteiger charge is 2.60. The van der Waals surface area contributed by atoms with Crippen molar-refractivity contribution >= 4 is 23.2 Å². The van der Waals surface area contributed by atoms with Gasteiger partial charge in [-0.05, 0) is 55.3 Å². The third kappa shape index (κ3) is 5.32. The van der Waals surface area contributed by atoms with Crippen LogP contribution in [0.2, 0.25) is 0 Å². The maximum absolute atomic E-state index is 13.8. The number of hydroxylamine groups is 1. The number of hydrogen-bond donors (Lipinski definition) is 0. The SMILES string of the molecule is CCCCCCCCOc1ccc([C@@H]2[C@H]3C(=O)N(c4ccc(C)cc4)C(=O)[C@H]3ON2c2ccccc2)cc1. The van der Waals surface area contributed by atoms with Gasteiger partial charge in [-0.25, -0.2) is 9.96 Å². The van der Waals surface area contributed by atoms with E-state index in [4.69, 9.17) is 9.57 Å². The number of rotatable bonds is 11. The van der Waals surface area contributed by atoms with Crippen LogP contribution in [0.25, 0.3) is 0 Å². The number of para-hydroxylation sites is 1. The Kier molecular flexibility index (Phi) is 8.08. The maximum atomic E-state index is 13.8. The molecule has 0 bridgehead atoms. The van der Waals surface area contributed by atoms with E-state index in [0.717, 1.165) is 29.0 Å². The van der Waals surface area contributed by atoms with Gasteiger partial charge in [0, 0.05) is 0 Å². The van der Waals surface area contributed by atoms with E-state index in [0.29, 0.717) is 12.3 Å². The minimum atomic E-state index is -0.877. The summed E-state index contributed by atoms with van der Waals surface area (Å²) in [6.45, 7) is 4.89. The molecule has 0 unspecified atom stereocenters. The lowest BCUT2D eigenvalue weighted by atomic mass is 9.90. The van der Waals surface area contributed by atoms with Crippen LogP contribution in [0.4, 0.5) is 11.4 Å². The zero-order valence-corrected chi connectivity index (χ0v) is 22.2. The molecule has 0 saturated carbocycles. The molecular weight excluding hydrogens is 476 g/mol. The first-order valence-corrected chi connectivity index (χ1v) is 13.8. The van der Waals surface area contributed by atoms with Gasteiger partial charge < -0.3 is 4.74 Å². The minimum absolute atomic E-state index is 0.240. The summed E-state index contributed by atoms with van der Waals surface area (Å²) in [5.74, 6) is -0.417. The standard InChI is InChI=1S/C32H36N2O4/c1-3-4-5-6-7-11-22-37-27-20-16-24(17-21-27)29-28-30(38-34(29)26-12-9-8-10-13-26)32(36)33(31(28)35)25-18-14-23(2)15-19-25/h8-10,12-21,28-30H,3-7,11,22H2,1-2H3/t28-,29-,30+/m1/s1. The second kappa shape index (κ2) is 11.8. The molecular formula is C32H36N2O4. The molecule has 3 aromatic carbocycles. The molecule has 2 aliphatic heterocycles. The Morgan fingerprint density at radius 3 is 2.16 bits per heavy atom. The van der Waals surface area contributed by atoms with Crippen LogP contribution >= 0.6 is 0 Å². The summed E-state index contributed by atoms with van der Waals surface area (Å²) >= 11 is 0. The van der Waals surface area contributed by atoms with Gasteiger partial charge >= 0.3 is 0 Å². The van der Waals surface area contributed by atoms with Crippen LogP contribution in [0.15, 0.2) is 78.9 Å². The van der Waals surface area contributed by atoms with Crippen LogP contribution in [0.5, 0.6) is 5.75 Å². The number of ether oxygens (including phenoxy) is 1. The highest BCUT2D eigenvalue weighted by atomic mass is 16.7. The molecule has 2 saturated heterocycles. The van der Waals surface area contributed by atoms with Crippen LogP contribution < -0.4 is 14.7 Å². The van der Waals surface area contributed by atoms with Crippen molar-refractivity contribution in [2.24, 2.45) is 5.92 Å². The first-order chi connectivity index (χ1) is 18.6.